The van der Waals surface area contributed by atoms with Crippen molar-refractivity contribution in [2.75, 3.05) is 5.32 Å². The van der Waals surface area contributed by atoms with Gasteiger partial charge in [-0.15, -0.1) is 0 Å². The standard InChI is InChI=1S/C19H20N2O3/c1-3-13-9-15(11-17(22)10-13)19(4-2,18(23)24)21-16-7-5-14(12-20)6-8-16/h5-11,21-22H,3-4H2,1-2H3,(H,23,24). The van der Waals surface area contributed by atoms with Gasteiger partial charge in [0.2, 0.25) is 0 Å². The Morgan fingerprint density at radius 3 is 2.38 bits per heavy atom. The molecule has 0 radical (unpaired) electrons. The number of nitrogens with zero attached hydrogens (tertiary/aromatic N) is 1. The zero-order valence-corrected chi connectivity index (χ0v) is 13.7. The Bertz CT molecular complexity index is 778. The molecule has 2 rings (SSSR count). The number of phenolic OH excluding ortho intramolecular Hbond substituents is 1. The maximum atomic E-state index is 12.1. The van der Waals surface area contributed by atoms with E-state index in [0.29, 0.717) is 23.2 Å². The molecule has 5 nitrogen and oxygen atoms in total. The quantitative estimate of drug-likeness (QED) is 0.754. The maximum Gasteiger partial charge on any atom is 0.334 e. The van der Waals surface area contributed by atoms with Crippen LogP contribution in [0.25, 0.3) is 0 Å². The van der Waals surface area contributed by atoms with Crippen LogP contribution in [0, 0.1) is 11.3 Å². The predicted molar refractivity (Wildman–Crippen MR) is 91.9 cm³/mol. The third-order valence-corrected chi connectivity index (χ3v) is 4.15. The van der Waals surface area contributed by atoms with E-state index in [-0.39, 0.29) is 12.2 Å². The zero-order chi connectivity index (χ0) is 17.7. The molecule has 0 heterocycles. The fourth-order valence-electron chi connectivity index (χ4n) is 2.69. The molecule has 5 heteroatoms. The van der Waals surface area contributed by atoms with Crippen LogP contribution in [0.3, 0.4) is 0 Å². The van der Waals surface area contributed by atoms with Crippen LogP contribution in [0.1, 0.15) is 37.0 Å². The lowest BCUT2D eigenvalue weighted by atomic mass is 9.85. The summed E-state index contributed by atoms with van der Waals surface area (Å²) in [4.78, 5) is 12.1. The molecule has 0 aromatic heterocycles. The number of carboxylic acid groups (broad SMARTS) is 1. The van der Waals surface area contributed by atoms with Gasteiger partial charge >= 0.3 is 5.97 Å². The van der Waals surface area contributed by atoms with Gasteiger partial charge in [0.15, 0.2) is 5.54 Å². The Morgan fingerprint density at radius 1 is 1.21 bits per heavy atom. The van der Waals surface area contributed by atoms with Crippen LogP contribution in [0.5, 0.6) is 5.75 Å². The molecule has 0 amide bonds. The summed E-state index contributed by atoms with van der Waals surface area (Å²) in [6.07, 6.45) is 0.979. The minimum absolute atomic E-state index is 0.0463. The average molecular weight is 324 g/mol. The molecule has 0 spiro atoms. The molecular weight excluding hydrogens is 304 g/mol. The first kappa shape index (κ1) is 17.4. The van der Waals surface area contributed by atoms with Crippen molar-refractivity contribution in [3.05, 3.63) is 59.2 Å². The van der Waals surface area contributed by atoms with Gasteiger partial charge in [0.1, 0.15) is 5.75 Å². The second kappa shape index (κ2) is 7.05. The first-order chi connectivity index (χ1) is 11.4. The van der Waals surface area contributed by atoms with Gasteiger partial charge in [-0.1, -0.05) is 19.9 Å². The number of benzene rings is 2. The summed E-state index contributed by atoms with van der Waals surface area (Å²) in [5.41, 5.74) is 1.10. The summed E-state index contributed by atoms with van der Waals surface area (Å²) in [6, 6.07) is 13.6. The fourth-order valence-corrected chi connectivity index (χ4v) is 2.69. The SMILES string of the molecule is CCc1cc(O)cc(C(CC)(Nc2ccc(C#N)cc2)C(=O)O)c1. The van der Waals surface area contributed by atoms with Crippen molar-refractivity contribution in [3.63, 3.8) is 0 Å². The van der Waals surface area contributed by atoms with E-state index in [1.165, 1.54) is 6.07 Å². The molecule has 0 saturated heterocycles. The molecular formula is C19H20N2O3. The summed E-state index contributed by atoms with van der Waals surface area (Å²) in [5.74, 6) is -0.980. The van der Waals surface area contributed by atoms with E-state index in [0.717, 1.165) is 5.56 Å². The summed E-state index contributed by atoms with van der Waals surface area (Å²) >= 11 is 0. The molecule has 124 valence electrons. The number of aliphatic carboxylic acids is 1. The number of nitriles is 1. The minimum atomic E-state index is -1.36. The van der Waals surface area contributed by atoms with Crippen LogP contribution in [0.4, 0.5) is 5.69 Å². The van der Waals surface area contributed by atoms with Crippen molar-refractivity contribution in [2.45, 2.75) is 32.2 Å². The highest BCUT2D eigenvalue weighted by Crippen LogP contribution is 2.33. The van der Waals surface area contributed by atoms with E-state index >= 15 is 0 Å². The molecule has 24 heavy (non-hydrogen) atoms. The normalized spacial score (nSPS) is 12.9. The topological polar surface area (TPSA) is 93.4 Å². The van der Waals surface area contributed by atoms with Gasteiger partial charge in [0, 0.05) is 5.69 Å². The molecule has 1 unspecified atom stereocenters. The van der Waals surface area contributed by atoms with Gasteiger partial charge in [0.25, 0.3) is 0 Å². The number of aryl methyl sites for hydroxylation is 1. The molecule has 0 aliphatic carbocycles. The Labute approximate surface area is 141 Å². The molecule has 2 aromatic rings. The second-order valence-electron chi connectivity index (χ2n) is 5.62. The van der Waals surface area contributed by atoms with E-state index < -0.39 is 11.5 Å². The molecule has 2 aromatic carbocycles. The maximum absolute atomic E-state index is 12.1. The Balaban J connectivity index is 2.51. The first-order valence-corrected chi connectivity index (χ1v) is 7.80. The number of rotatable bonds is 6. The third kappa shape index (κ3) is 3.33. The highest BCUT2D eigenvalue weighted by atomic mass is 16.4. The van der Waals surface area contributed by atoms with Crippen LogP contribution < -0.4 is 5.32 Å². The number of carboxylic acids is 1. The van der Waals surface area contributed by atoms with Gasteiger partial charge < -0.3 is 15.5 Å². The van der Waals surface area contributed by atoms with Crippen molar-refractivity contribution in [1.29, 1.82) is 5.26 Å². The van der Waals surface area contributed by atoms with Gasteiger partial charge in [-0.3, -0.25) is 0 Å². The van der Waals surface area contributed by atoms with E-state index in [1.54, 1.807) is 43.3 Å². The Kier molecular flexibility index (Phi) is 5.10. The number of hydrogen-bond donors (Lipinski definition) is 3. The van der Waals surface area contributed by atoms with E-state index in [2.05, 4.69) is 5.32 Å². The summed E-state index contributed by atoms with van der Waals surface area (Å²) < 4.78 is 0. The molecule has 0 saturated carbocycles. The van der Waals surface area contributed by atoms with Gasteiger partial charge in [0.05, 0.1) is 11.6 Å². The Morgan fingerprint density at radius 2 is 1.88 bits per heavy atom. The summed E-state index contributed by atoms with van der Waals surface area (Å²) in [7, 11) is 0. The lowest BCUT2D eigenvalue weighted by Gasteiger charge is -2.31. The smallest absolute Gasteiger partial charge is 0.334 e. The van der Waals surface area contributed by atoms with Gasteiger partial charge in [-0.25, -0.2) is 4.79 Å². The monoisotopic (exact) mass is 324 g/mol. The number of hydrogen-bond acceptors (Lipinski definition) is 4. The summed E-state index contributed by atoms with van der Waals surface area (Å²) in [6.45, 7) is 3.72. The van der Waals surface area contributed by atoms with E-state index in [9.17, 15) is 15.0 Å². The van der Waals surface area contributed by atoms with Crippen LogP contribution in [-0.2, 0) is 16.8 Å². The molecule has 0 bridgehead atoms. The number of nitrogens with one attached hydrogen (secondary N) is 1. The van der Waals surface area contributed by atoms with Gasteiger partial charge in [-0.2, -0.15) is 5.26 Å². The molecule has 3 N–H and O–H groups in total. The van der Waals surface area contributed by atoms with Crippen LogP contribution in [0.2, 0.25) is 0 Å². The zero-order valence-electron chi connectivity index (χ0n) is 13.7. The van der Waals surface area contributed by atoms with Crippen molar-refractivity contribution in [3.8, 4) is 11.8 Å². The van der Waals surface area contributed by atoms with Crippen molar-refractivity contribution >= 4 is 11.7 Å². The average Bonchev–Trinajstić information content (AvgIpc) is 2.59. The molecule has 0 aliphatic rings. The van der Waals surface area contributed by atoms with Crippen LogP contribution in [0.15, 0.2) is 42.5 Å². The van der Waals surface area contributed by atoms with Crippen molar-refractivity contribution in [2.24, 2.45) is 0 Å². The number of phenols is 1. The third-order valence-electron chi connectivity index (χ3n) is 4.15. The van der Waals surface area contributed by atoms with Crippen LogP contribution in [-0.4, -0.2) is 16.2 Å². The predicted octanol–water partition coefficient (Wildman–Crippen LogP) is 3.63. The molecule has 0 aliphatic heterocycles. The fraction of sp³-hybridized carbons (Fsp3) is 0.263. The largest absolute Gasteiger partial charge is 0.508 e. The second-order valence-corrected chi connectivity index (χ2v) is 5.62. The number of aromatic hydroxyl groups is 1. The lowest BCUT2D eigenvalue weighted by Crippen LogP contribution is -2.43. The number of carbonyl (C=O) groups is 1. The molecule has 1 atom stereocenters. The minimum Gasteiger partial charge on any atom is -0.508 e. The highest BCUT2D eigenvalue weighted by Gasteiger charge is 2.39. The number of anilines is 1. The van der Waals surface area contributed by atoms with Crippen molar-refractivity contribution in [1.82, 2.24) is 0 Å². The molecule has 0 fully saturated rings. The highest BCUT2D eigenvalue weighted by molar-refractivity contribution is 5.85. The van der Waals surface area contributed by atoms with Crippen LogP contribution >= 0.6 is 0 Å². The van der Waals surface area contributed by atoms with E-state index in [4.69, 9.17) is 5.26 Å². The van der Waals surface area contributed by atoms with Crippen molar-refractivity contribution < 1.29 is 15.0 Å². The van der Waals surface area contributed by atoms with E-state index in [1.807, 2.05) is 13.0 Å². The Hall–Kier alpha value is -3.00. The van der Waals surface area contributed by atoms with Gasteiger partial charge in [-0.05, 0) is 60.4 Å². The first-order valence-electron chi connectivity index (χ1n) is 7.80. The lowest BCUT2D eigenvalue weighted by molar-refractivity contribution is -0.142. The summed E-state index contributed by atoms with van der Waals surface area (Å²) in [5, 5.41) is 31.8.